The van der Waals surface area contributed by atoms with E-state index >= 15 is 0 Å². The van der Waals surface area contributed by atoms with Gasteiger partial charge in [0.15, 0.2) is 0 Å². The molecule has 0 unspecified atom stereocenters. The summed E-state index contributed by atoms with van der Waals surface area (Å²) in [6, 6.07) is 33.5. The number of rotatable bonds is 6. The van der Waals surface area contributed by atoms with Crippen LogP contribution in [0.25, 0.3) is 11.0 Å². The lowest BCUT2D eigenvalue weighted by Gasteiger charge is -2.33. The van der Waals surface area contributed by atoms with Gasteiger partial charge < -0.3 is 14.6 Å². The molecular weight excluding hydrogens is 510 g/mol. The average molecular weight is 544 g/mol. The molecule has 3 heterocycles. The highest BCUT2D eigenvalue weighted by Crippen LogP contribution is 2.34. The van der Waals surface area contributed by atoms with Gasteiger partial charge in [-0.1, -0.05) is 54.6 Å². The fourth-order valence-corrected chi connectivity index (χ4v) is 6.18. The summed E-state index contributed by atoms with van der Waals surface area (Å²) in [5.41, 5.74) is 7.53. The van der Waals surface area contributed by atoms with Crippen molar-refractivity contribution in [1.29, 1.82) is 0 Å². The van der Waals surface area contributed by atoms with Crippen LogP contribution >= 0.6 is 0 Å². The van der Waals surface area contributed by atoms with E-state index in [0.29, 0.717) is 0 Å². The van der Waals surface area contributed by atoms with E-state index in [-0.39, 0.29) is 11.7 Å². The van der Waals surface area contributed by atoms with Gasteiger partial charge >= 0.3 is 5.69 Å². The Hall–Kier alpha value is -4.62. The normalized spacial score (nSPS) is 16.0. The Bertz CT molecular complexity index is 1760. The number of imidazole rings is 1. The first-order valence-electron chi connectivity index (χ1n) is 14.3. The number of H-pyrrole nitrogens is 1. The maximum absolute atomic E-state index is 12.7. The van der Waals surface area contributed by atoms with Gasteiger partial charge in [-0.05, 0) is 60.9 Å². The molecule has 41 heavy (non-hydrogen) atoms. The van der Waals surface area contributed by atoms with Crippen LogP contribution < -0.4 is 15.3 Å². The minimum atomic E-state index is -0.00262. The summed E-state index contributed by atoms with van der Waals surface area (Å²) in [6.45, 7) is 3.55. The zero-order valence-corrected chi connectivity index (χ0v) is 23.2. The molecule has 1 N–H and O–H groups in total. The molecule has 0 aliphatic carbocycles. The fourth-order valence-electron chi connectivity index (χ4n) is 6.18. The molecule has 1 fully saturated rings. The van der Waals surface area contributed by atoms with Crippen molar-refractivity contribution in [3.8, 4) is 5.75 Å². The first kappa shape index (κ1) is 25.4. The van der Waals surface area contributed by atoms with Crippen LogP contribution in [0.2, 0.25) is 0 Å². The number of piperidine rings is 1. The van der Waals surface area contributed by atoms with Crippen molar-refractivity contribution in [1.82, 2.24) is 14.5 Å². The molecule has 0 bridgehead atoms. The molecule has 4 aromatic carbocycles. The molecule has 2 aliphatic heterocycles. The van der Waals surface area contributed by atoms with Crippen LogP contribution in [0.3, 0.4) is 0 Å². The summed E-state index contributed by atoms with van der Waals surface area (Å²) in [5.74, 6) is 1.79. The highest BCUT2D eigenvalue weighted by atomic mass is 16.5. The van der Waals surface area contributed by atoms with Crippen LogP contribution in [0.15, 0.2) is 107 Å². The number of fused-ring (bicyclic) bond motifs is 2. The van der Waals surface area contributed by atoms with Gasteiger partial charge in [-0.15, -0.1) is 0 Å². The van der Waals surface area contributed by atoms with Crippen LogP contribution in [0, 0.1) is 0 Å². The number of aromatic nitrogens is 2. The largest absolute Gasteiger partial charge is 0.497 e. The Morgan fingerprint density at radius 3 is 2.44 bits per heavy atom. The maximum atomic E-state index is 12.7. The summed E-state index contributed by atoms with van der Waals surface area (Å²) in [6.07, 6.45) is 1.93. The topological polar surface area (TPSA) is 65.9 Å². The number of likely N-dealkylation sites (tertiary alicyclic amines) is 1. The monoisotopic (exact) mass is 543 g/mol. The first-order chi connectivity index (χ1) is 20.2. The number of aliphatic imine (C=N–C) groups is 1. The highest BCUT2D eigenvalue weighted by Gasteiger charge is 2.25. The number of hydrogen-bond acceptors (Lipinski definition) is 5. The van der Waals surface area contributed by atoms with E-state index in [1.165, 1.54) is 5.56 Å². The van der Waals surface area contributed by atoms with Crippen LogP contribution in [0.1, 0.15) is 35.6 Å². The second kappa shape index (κ2) is 10.7. The summed E-state index contributed by atoms with van der Waals surface area (Å²) < 4.78 is 7.43. The molecule has 5 aromatic rings. The smallest absolute Gasteiger partial charge is 0.326 e. The highest BCUT2D eigenvalue weighted by molar-refractivity contribution is 6.12. The number of amidine groups is 1. The van der Waals surface area contributed by atoms with Gasteiger partial charge in [0.05, 0.1) is 30.4 Å². The molecule has 0 saturated carbocycles. The van der Waals surface area contributed by atoms with Crippen LogP contribution in [-0.4, -0.2) is 40.5 Å². The van der Waals surface area contributed by atoms with Gasteiger partial charge in [0.1, 0.15) is 11.6 Å². The van der Waals surface area contributed by atoms with E-state index < -0.39 is 0 Å². The molecule has 7 heteroatoms. The van der Waals surface area contributed by atoms with E-state index in [0.717, 1.165) is 84.1 Å². The average Bonchev–Trinajstić information content (AvgIpc) is 3.37. The Morgan fingerprint density at radius 1 is 0.902 bits per heavy atom. The lowest BCUT2D eigenvalue weighted by atomic mass is 10.0. The molecule has 0 radical (unpaired) electrons. The predicted molar refractivity (Wildman–Crippen MR) is 164 cm³/mol. The van der Waals surface area contributed by atoms with E-state index in [4.69, 9.17) is 9.73 Å². The SMILES string of the molecule is COc1ccc2c(c1)CN(c1ccccc1)C(c1ccc(CN3CCC(n4c(=O)[nH]c5ccccc54)CC3)cc1)=N2. The van der Waals surface area contributed by atoms with Crippen molar-refractivity contribution < 1.29 is 4.74 Å². The number of anilines is 1. The number of aromatic amines is 1. The van der Waals surface area contributed by atoms with Gasteiger partial charge in [-0.2, -0.15) is 0 Å². The Morgan fingerprint density at radius 2 is 1.66 bits per heavy atom. The second-order valence-electron chi connectivity index (χ2n) is 10.9. The van der Waals surface area contributed by atoms with Crippen molar-refractivity contribution in [3.63, 3.8) is 0 Å². The van der Waals surface area contributed by atoms with Gasteiger partial charge in [-0.25, -0.2) is 9.79 Å². The number of nitrogens with one attached hydrogen (secondary N) is 1. The van der Waals surface area contributed by atoms with E-state index in [1.54, 1.807) is 7.11 Å². The lowest BCUT2D eigenvalue weighted by molar-refractivity contribution is 0.180. The minimum absolute atomic E-state index is 0.00262. The molecule has 0 spiro atoms. The molecule has 1 aromatic heterocycles. The summed E-state index contributed by atoms with van der Waals surface area (Å²) in [4.78, 5) is 25.5. The third-order valence-corrected chi connectivity index (χ3v) is 8.33. The van der Waals surface area contributed by atoms with Gasteiger partial charge in [0.25, 0.3) is 0 Å². The van der Waals surface area contributed by atoms with Crippen molar-refractivity contribution >= 4 is 28.2 Å². The third-order valence-electron chi connectivity index (χ3n) is 8.33. The van der Waals surface area contributed by atoms with Gasteiger partial charge in [0, 0.05) is 42.5 Å². The summed E-state index contributed by atoms with van der Waals surface area (Å²) in [5, 5.41) is 0. The number of para-hydroxylation sites is 3. The number of methoxy groups -OCH3 is 1. The molecule has 0 atom stereocenters. The van der Waals surface area contributed by atoms with Crippen molar-refractivity contribution in [2.75, 3.05) is 25.1 Å². The van der Waals surface area contributed by atoms with E-state index in [1.807, 2.05) is 47.0 Å². The van der Waals surface area contributed by atoms with Crippen LogP contribution in [0.5, 0.6) is 5.75 Å². The zero-order chi connectivity index (χ0) is 27.8. The molecule has 7 rings (SSSR count). The Balaban J connectivity index is 1.08. The van der Waals surface area contributed by atoms with E-state index in [2.05, 4.69) is 69.4 Å². The molecule has 2 aliphatic rings. The number of nitrogens with zero attached hydrogens (tertiary/aromatic N) is 4. The van der Waals surface area contributed by atoms with Crippen molar-refractivity contribution in [2.45, 2.75) is 32.0 Å². The Labute approximate surface area is 239 Å². The quantitative estimate of drug-likeness (QED) is 0.274. The molecule has 7 nitrogen and oxygen atoms in total. The molecular formula is C34H33N5O2. The predicted octanol–water partition coefficient (Wildman–Crippen LogP) is 6.27. The fraction of sp³-hybridized carbons (Fsp3) is 0.235. The second-order valence-corrected chi connectivity index (χ2v) is 10.9. The number of ether oxygens (including phenoxy) is 1. The van der Waals surface area contributed by atoms with Crippen molar-refractivity contribution in [2.24, 2.45) is 4.99 Å². The molecule has 1 saturated heterocycles. The van der Waals surface area contributed by atoms with Crippen LogP contribution in [0.4, 0.5) is 11.4 Å². The minimum Gasteiger partial charge on any atom is -0.497 e. The zero-order valence-electron chi connectivity index (χ0n) is 23.2. The number of benzene rings is 4. The summed E-state index contributed by atoms with van der Waals surface area (Å²) in [7, 11) is 1.70. The standard InChI is InChI=1S/C34H33N5O2/c1-41-29-15-16-30-26(21-29)23-38(27-7-3-2-4-8-27)33(35-30)25-13-11-24(12-14-25)22-37-19-17-28(18-20-37)39-32-10-6-5-9-31(32)36-34(39)40/h2-16,21,28H,17-20,22-23H2,1H3,(H,36,40). The molecule has 206 valence electrons. The van der Waals surface area contributed by atoms with Gasteiger partial charge in [-0.3, -0.25) is 9.47 Å². The lowest BCUT2D eigenvalue weighted by Crippen LogP contribution is -2.36. The van der Waals surface area contributed by atoms with Crippen molar-refractivity contribution in [3.05, 3.63) is 124 Å². The van der Waals surface area contributed by atoms with Gasteiger partial charge in [0.2, 0.25) is 0 Å². The third kappa shape index (κ3) is 4.93. The van der Waals surface area contributed by atoms with Crippen LogP contribution in [-0.2, 0) is 13.1 Å². The maximum Gasteiger partial charge on any atom is 0.326 e. The number of hydrogen-bond donors (Lipinski definition) is 1. The molecule has 0 amide bonds. The first-order valence-corrected chi connectivity index (χ1v) is 14.3. The summed E-state index contributed by atoms with van der Waals surface area (Å²) >= 11 is 0. The van der Waals surface area contributed by atoms with E-state index in [9.17, 15) is 4.79 Å². The Kier molecular flexibility index (Phi) is 6.65.